The Morgan fingerprint density at radius 2 is 1.57 bits per heavy atom. The third-order valence-corrected chi connectivity index (χ3v) is 2.51. The van der Waals surface area contributed by atoms with Gasteiger partial charge >= 0.3 is 0 Å². The molecule has 2 nitrogen and oxygen atoms in total. The van der Waals surface area contributed by atoms with Gasteiger partial charge in [-0.15, -0.1) is 0 Å². The molecule has 0 aliphatic rings. The van der Waals surface area contributed by atoms with E-state index in [-0.39, 0.29) is 6.04 Å². The largest absolute Gasteiger partial charge is 0.378 e. The van der Waals surface area contributed by atoms with Gasteiger partial charge in [-0.25, -0.2) is 0 Å². The van der Waals surface area contributed by atoms with Gasteiger partial charge in [-0.05, 0) is 23.6 Å². The van der Waals surface area contributed by atoms with Gasteiger partial charge in [0.2, 0.25) is 0 Å². The second-order valence-electron chi connectivity index (χ2n) is 4.26. The van der Waals surface area contributed by atoms with E-state index in [1.54, 1.807) is 0 Å². The minimum atomic E-state index is 0.145. The zero-order chi connectivity index (χ0) is 10.7. The monoisotopic (exact) mass is 192 g/mol. The van der Waals surface area contributed by atoms with Crippen molar-refractivity contribution in [3.8, 4) is 0 Å². The Morgan fingerprint density at radius 1 is 1.07 bits per heavy atom. The third kappa shape index (κ3) is 2.48. The van der Waals surface area contributed by atoms with E-state index in [0.717, 1.165) is 0 Å². The predicted octanol–water partition coefficient (Wildman–Crippen LogP) is 2.41. The molecule has 0 bridgehead atoms. The number of hydrogen-bond donors (Lipinski definition) is 1. The van der Waals surface area contributed by atoms with E-state index in [2.05, 4.69) is 43.0 Å². The lowest BCUT2D eigenvalue weighted by molar-refractivity contribution is 0.514. The van der Waals surface area contributed by atoms with Gasteiger partial charge in [0.15, 0.2) is 0 Å². The van der Waals surface area contributed by atoms with Crippen molar-refractivity contribution < 1.29 is 0 Å². The first kappa shape index (κ1) is 11.1. The van der Waals surface area contributed by atoms with Crippen molar-refractivity contribution >= 4 is 5.69 Å². The van der Waals surface area contributed by atoms with Gasteiger partial charge in [0.1, 0.15) is 0 Å². The maximum absolute atomic E-state index is 6.05. The van der Waals surface area contributed by atoms with Crippen molar-refractivity contribution in [1.82, 2.24) is 0 Å². The predicted molar refractivity (Wildman–Crippen MR) is 62.5 cm³/mol. The molecular weight excluding hydrogens is 172 g/mol. The summed E-state index contributed by atoms with van der Waals surface area (Å²) in [6.07, 6.45) is 0. The first-order chi connectivity index (χ1) is 6.52. The molecule has 0 heterocycles. The van der Waals surface area contributed by atoms with Gasteiger partial charge in [-0.2, -0.15) is 0 Å². The molecule has 1 aromatic rings. The number of rotatable bonds is 3. The van der Waals surface area contributed by atoms with Gasteiger partial charge in [0.05, 0.1) is 0 Å². The van der Waals surface area contributed by atoms with Crippen molar-refractivity contribution in [2.24, 2.45) is 11.7 Å². The van der Waals surface area contributed by atoms with Crippen LogP contribution in [0.25, 0.3) is 0 Å². The van der Waals surface area contributed by atoms with E-state index < -0.39 is 0 Å². The zero-order valence-corrected chi connectivity index (χ0v) is 9.49. The van der Waals surface area contributed by atoms with Crippen LogP contribution in [0.15, 0.2) is 24.3 Å². The average molecular weight is 192 g/mol. The molecular formula is C12H20N2. The minimum Gasteiger partial charge on any atom is -0.378 e. The van der Waals surface area contributed by atoms with Crippen molar-refractivity contribution in [3.05, 3.63) is 29.8 Å². The number of hydrogen-bond acceptors (Lipinski definition) is 2. The van der Waals surface area contributed by atoms with Crippen LogP contribution in [0.3, 0.4) is 0 Å². The Labute approximate surface area is 86.7 Å². The van der Waals surface area contributed by atoms with Crippen LogP contribution in [0.2, 0.25) is 0 Å². The van der Waals surface area contributed by atoms with Crippen LogP contribution in [-0.2, 0) is 0 Å². The van der Waals surface area contributed by atoms with Gasteiger partial charge in [0, 0.05) is 25.8 Å². The van der Waals surface area contributed by atoms with Gasteiger partial charge in [-0.1, -0.05) is 26.0 Å². The molecule has 1 unspecified atom stereocenters. The summed E-state index contributed by atoms with van der Waals surface area (Å²) in [6, 6.07) is 8.58. The van der Waals surface area contributed by atoms with E-state index in [1.807, 2.05) is 14.1 Å². The van der Waals surface area contributed by atoms with Gasteiger partial charge < -0.3 is 10.6 Å². The molecule has 14 heavy (non-hydrogen) atoms. The topological polar surface area (TPSA) is 29.3 Å². The molecule has 0 spiro atoms. The third-order valence-electron chi connectivity index (χ3n) is 2.51. The summed E-state index contributed by atoms with van der Waals surface area (Å²) in [5.74, 6) is 0.486. The maximum atomic E-state index is 6.05. The molecule has 1 atom stereocenters. The van der Waals surface area contributed by atoms with Crippen LogP contribution in [0, 0.1) is 5.92 Å². The Balaban J connectivity index is 2.83. The summed E-state index contributed by atoms with van der Waals surface area (Å²) in [6.45, 7) is 4.29. The average Bonchev–Trinajstić information content (AvgIpc) is 2.16. The standard InChI is InChI=1S/C12H20N2/c1-9(2)12(13)10-5-7-11(8-6-10)14(3)4/h5-9,12H,13H2,1-4H3. The number of anilines is 1. The summed E-state index contributed by atoms with van der Waals surface area (Å²) in [5, 5.41) is 0. The molecule has 0 amide bonds. The summed E-state index contributed by atoms with van der Waals surface area (Å²) >= 11 is 0. The highest BCUT2D eigenvalue weighted by Crippen LogP contribution is 2.21. The molecule has 2 N–H and O–H groups in total. The molecule has 1 rings (SSSR count). The fourth-order valence-corrected chi connectivity index (χ4v) is 1.38. The van der Waals surface area contributed by atoms with E-state index in [0.29, 0.717) is 5.92 Å². The summed E-state index contributed by atoms with van der Waals surface area (Å²) in [5.41, 5.74) is 8.48. The lowest BCUT2D eigenvalue weighted by atomic mass is 9.97. The second-order valence-corrected chi connectivity index (χ2v) is 4.26. The summed E-state index contributed by atoms with van der Waals surface area (Å²) in [7, 11) is 4.08. The van der Waals surface area contributed by atoms with Crippen molar-refractivity contribution in [2.45, 2.75) is 19.9 Å². The van der Waals surface area contributed by atoms with E-state index in [4.69, 9.17) is 5.73 Å². The quantitative estimate of drug-likeness (QED) is 0.797. The number of benzene rings is 1. The molecule has 1 aromatic carbocycles. The molecule has 0 radical (unpaired) electrons. The summed E-state index contributed by atoms with van der Waals surface area (Å²) < 4.78 is 0. The first-order valence-corrected chi connectivity index (χ1v) is 5.05. The molecule has 0 aliphatic heterocycles. The van der Waals surface area contributed by atoms with Crippen LogP contribution in [-0.4, -0.2) is 14.1 Å². The van der Waals surface area contributed by atoms with E-state index in [1.165, 1.54) is 11.3 Å². The molecule has 0 saturated carbocycles. The molecule has 0 fully saturated rings. The van der Waals surface area contributed by atoms with Crippen LogP contribution in [0.5, 0.6) is 0 Å². The number of nitrogens with zero attached hydrogens (tertiary/aromatic N) is 1. The van der Waals surface area contributed by atoms with Crippen molar-refractivity contribution in [1.29, 1.82) is 0 Å². The Morgan fingerprint density at radius 3 is 1.93 bits per heavy atom. The zero-order valence-electron chi connectivity index (χ0n) is 9.49. The minimum absolute atomic E-state index is 0.145. The van der Waals surface area contributed by atoms with Gasteiger partial charge in [0.25, 0.3) is 0 Å². The molecule has 2 heteroatoms. The molecule has 0 saturated heterocycles. The van der Waals surface area contributed by atoms with Crippen molar-refractivity contribution in [2.75, 3.05) is 19.0 Å². The van der Waals surface area contributed by atoms with E-state index >= 15 is 0 Å². The Bertz CT molecular complexity index is 275. The summed E-state index contributed by atoms with van der Waals surface area (Å²) in [4.78, 5) is 2.09. The molecule has 0 aromatic heterocycles. The van der Waals surface area contributed by atoms with Crippen LogP contribution < -0.4 is 10.6 Å². The maximum Gasteiger partial charge on any atom is 0.0361 e. The normalized spacial score (nSPS) is 13.0. The van der Waals surface area contributed by atoms with Gasteiger partial charge in [-0.3, -0.25) is 0 Å². The Kier molecular flexibility index (Phi) is 3.53. The second kappa shape index (κ2) is 4.47. The van der Waals surface area contributed by atoms with Crippen LogP contribution in [0.4, 0.5) is 5.69 Å². The van der Waals surface area contributed by atoms with Crippen LogP contribution >= 0.6 is 0 Å². The fraction of sp³-hybridized carbons (Fsp3) is 0.500. The highest BCUT2D eigenvalue weighted by molar-refractivity contribution is 5.46. The number of nitrogens with two attached hydrogens (primary N) is 1. The molecule has 0 aliphatic carbocycles. The highest BCUT2D eigenvalue weighted by Gasteiger charge is 2.09. The smallest absolute Gasteiger partial charge is 0.0361 e. The SMILES string of the molecule is CC(C)C(N)c1ccc(N(C)C)cc1. The van der Waals surface area contributed by atoms with Crippen LogP contribution in [0.1, 0.15) is 25.5 Å². The first-order valence-electron chi connectivity index (χ1n) is 5.05. The molecule has 78 valence electrons. The highest BCUT2D eigenvalue weighted by atomic mass is 15.1. The van der Waals surface area contributed by atoms with E-state index in [9.17, 15) is 0 Å². The Hall–Kier alpha value is -1.02. The fourth-order valence-electron chi connectivity index (χ4n) is 1.38. The van der Waals surface area contributed by atoms with Crippen molar-refractivity contribution in [3.63, 3.8) is 0 Å². The lowest BCUT2D eigenvalue weighted by Crippen LogP contribution is -2.17. The lowest BCUT2D eigenvalue weighted by Gasteiger charge is -2.18.